The first kappa shape index (κ1) is 14.5. The normalized spacial score (nSPS) is 10.2. The Bertz CT molecular complexity index is 379. The summed E-state index contributed by atoms with van der Waals surface area (Å²) >= 11 is 0. The number of nitrogens with zero attached hydrogens (tertiary/aromatic N) is 2. The van der Waals surface area contributed by atoms with Crippen LogP contribution in [0.3, 0.4) is 0 Å². The number of anilines is 1. The van der Waals surface area contributed by atoms with Gasteiger partial charge in [-0.15, -0.1) is 0 Å². The lowest BCUT2D eigenvalue weighted by Gasteiger charge is -2.18. The van der Waals surface area contributed by atoms with Gasteiger partial charge in [-0.3, -0.25) is 4.79 Å². The SMILES string of the molecule is CCCCN(C)C(=O)c1cccnc1NCCC. The van der Waals surface area contributed by atoms with Gasteiger partial charge in [0.15, 0.2) is 0 Å². The number of unbranched alkanes of at least 4 members (excludes halogenated alkanes) is 1. The van der Waals surface area contributed by atoms with Gasteiger partial charge in [-0.1, -0.05) is 20.3 Å². The first-order chi connectivity index (χ1) is 8.70. The highest BCUT2D eigenvalue weighted by Gasteiger charge is 2.15. The van der Waals surface area contributed by atoms with Crippen LogP contribution in [0.15, 0.2) is 18.3 Å². The maximum atomic E-state index is 12.3. The van der Waals surface area contributed by atoms with Crippen molar-refractivity contribution in [2.24, 2.45) is 0 Å². The molecule has 0 saturated carbocycles. The molecule has 0 bridgehead atoms. The van der Waals surface area contributed by atoms with Crippen molar-refractivity contribution in [3.8, 4) is 0 Å². The second-order valence-electron chi connectivity index (χ2n) is 4.41. The topological polar surface area (TPSA) is 45.2 Å². The van der Waals surface area contributed by atoms with Crippen molar-refractivity contribution in [1.82, 2.24) is 9.88 Å². The highest BCUT2D eigenvalue weighted by molar-refractivity contribution is 5.98. The van der Waals surface area contributed by atoms with Crippen molar-refractivity contribution in [3.63, 3.8) is 0 Å². The van der Waals surface area contributed by atoms with E-state index in [1.165, 1.54) is 0 Å². The third kappa shape index (κ3) is 4.02. The van der Waals surface area contributed by atoms with E-state index in [2.05, 4.69) is 24.1 Å². The van der Waals surface area contributed by atoms with E-state index in [9.17, 15) is 4.79 Å². The van der Waals surface area contributed by atoms with E-state index in [-0.39, 0.29) is 5.91 Å². The summed E-state index contributed by atoms with van der Waals surface area (Å²) in [6, 6.07) is 3.63. The van der Waals surface area contributed by atoms with Crippen molar-refractivity contribution in [3.05, 3.63) is 23.9 Å². The molecule has 0 aliphatic carbocycles. The summed E-state index contributed by atoms with van der Waals surface area (Å²) in [5.74, 6) is 0.725. The molecule has 1 heterocycles. The molecule has 0 saturated heterocycles. The molecule has 4 nitrogen and oxygen atoms in total. The summed E-state index contributed by atoms with van der Waals surface area (Å²) in [4.78, 5) is 18.3. The zero-order chi connectivity index (χ0) is 13.4. The molecule has 1 rings (SSSR count). The van der Waals surface area contributed by atoms with Crippen LogP contribution in [0.1, 0.15) is 43.5 Å². The molecule has 0 aromatic carbocycles. The number of pyridine rings is 1. The molecule has 100 valence electrons. The lowest BCUT2D eigenvalue weighted by Crippen LogP contribution is -2.28. The van der Waals surface area contributed by atoms with Crippen molar-refractivity contribution in [1.29, 1.82) is 0 Å². The lowest BCUT2D eigenvalue weighted by atomic mass is 10.2. The minimum Gasteiger partial charge on any atom is -0.369 e. The molecule has 1 amide bonds. The van der Waals surface area contributed by atoms with Gasteiger partial charge in [0.25, 0.3) is 5.91 Å². The molecule has 0 unspecified atom stereocenters. The summed E-state index contributed by atoms with van der Waals surface area (Å²) < 4.78 is 0. The second kappa shape index (κ2) is 7.69. The Morgan fingerprint density at radius 3 is 2.83 bits per heavy atom. The Balaban J connectivity index is 2.77. The van der Waals surface area contributed by atoms with Crippen LogP contribution in [0.2, 0.25) is 0 Å². The van der Waals surface area contributed by atoms with Crippen LogP contribution in [-0.4, -0.2) is 35.9 Å². The van der Waals surface area contributed by atoms with Crippen LogP contribution in [0.25, 0.3) is 0 Å². The number of rotatable bonds is 7. The van der Waals surface area contributed by atoms with Crippen LogP contribution >= 0.6 is 0 Å². The molecule has 1 N–H and O–H groups in total. The number of aromatic nitrogens is 1. The largest absolute Gasteiger partial charge is 0.369 e. The minimum absolute atomic E-state index is 0.0372. The van der Waals surface area contributed by atoms with Crippen molar-refractivity contribution in [2.45, 2.75) is 33.1 Å². The van der Waals surface area contributed by atoms with E-state index in [0.717, 1.165) is 32.4 Å². The van der Waals surface area contributed by atoms with Crippen LogP contribution in [0.5, 0.6) is 0 Å². The molecular formula is C14H23N3O. The van der Waals surface area contributed by atoms with Crippen LogP contribution < -0.4 is 5.32 Å². The number of carbonyl (C=O) groups is 1. The van der Waals surface area contributed by atoms with Crippen molar-refractivity contribution < 1.29 is 4.79 Å². The fourth-order valence-electron chi connectivity index (χ4n) is 1.66. The molecule has 0 aliphatic heterocycles. The molecule has 0 radical (unpaired) electrons. The highest BCUT2D eigenvalue weighted by Crippen LogP contribution is 2.14. The second-order valence-corrected chi connectivity index (χ2v) is 4.41. The molecular weight excluding hydrogens is 226 g/mol. The summed E-state index contributed by atoms with van der Waals surface area (Å²) in [5, 5.41) is 3.20. The van der Waals surface area contributed by atoms with Crippen LogP contribution in [-0.2, 0) is 0 Å². The number of nitrogens with one attached hydrogen (secondary N) is 1. The molecule has 1 aromatic rings. The zero-order valence-corrected chi connectivity index (χ0v) is 11.6. The average molecular weight is 249 g/mol. The Morgan fingerprint density at radius 1 is 1.39 bits per heavy atom. The summed E-state index contributed by atoms with van der Waals surface area (Å²) in [7, 11) is 1.84. The van der Waals surface area contributed by atoms with E-state index in [0.29, 0.717) is 11.4 Å². The first-order valence-electron chi connectivity index (χ1n) is 6.65. The first-order valence-corrected chi connectivity index (χ1v) is 6.65. The quantitative estimate of drug-likeness (QED) is 0.808. The highest BCUT2D eigenvalue weighted by atomic mass is 16.2. The molecule has 1 aromatic heterocycles. The van der Waals surface area contributed by atoms with Gasteiger partial charge in [-0.05, 0) is 25.0 Å². The molecule has 0 spiro atoms. The van der Waals surface area contributed by atoms with Gasteiger partial charge in [0.1, 0.15) is 5.82 Å². The number of amides is 1. The summed E-state index contributed by atoms with van der Waals surface area (Å²) in [6.45, 7) is 5.83. The van der Waals surface area contributed by atoms with Crippen LogP contribution in [0, 0.1) is 0 Å². The Kier molecular flexibility index (Phi) is 6.19. The fourth-order valence-corrected chi connectivity index (χ4v) is 1.66. The summed E-state index contributed by atoms with van der Waals surface area (Å²) in [5.41, 5.74) is 0.657. The van der Waals surface area contributed by atoms with E-state index in [4.69, 9.17) is 0 Å². The average Bonchev–Trinajstić information content (AvgIpc) is 2.42. The number of hydrogen-bond donors (Lipinski definition) is 1. The van der Waals surface area contributed by atoms with E-state index < -0.39 is 0 Å². The van der Waals surface area contributed by atoms with Gasteiger partial charge < -0.3 is 10.2 Å². The lowest BCUT2D eigenvalue weighted by molar-refractivity contribution is 0.0794. The van der Waals surface area contributed by atoms with Gasteiger partial charge in [-0.25, -0.2) is 4.98 Å². The number of carbonyl (C=O) groups excluding carboxylic acids is 1. The maximum absolute atomic E-state index is 12.3. The molecule has 0 aliphatic rings. The summed E-state index contributed by atoms with van der Waals surface area (Å²) in [6.07, 6.45) is 4.84. The van der Waals surface area contributed by atoms with E-state index in [1.807, 2.05) is 13.1 Å². The third-order valence-electron chi connectivity index (χ3n) is 2.77. The Morgan fingerprint density at radius 2 is 2.17 bits per heavy atom. The molecule has 0 fully saturated rings. The Hall–Kier alpha value is -1.58. The van der Waals surface area contributed by atoms with E-state index in [1.54, 1.807) is 17.2 Å². The van der Waals surface area contributed by atoms with Crippen molar-refractivity contribution in [2.75, 3.05) is 25.5 Å². The fraction of sp³-hybridized carbons (Fsp3) is 0.571. The predicted molar refractivity (Wildman–Crippen MR) is 74.9 cm³/mol. The minimum atomic E-state index is 0.0372. The van der Waals surface area contributed by atoms with Gasteiger partial charge in [-0.2, -0.15) is 0 Å². The maximum Gasteiger partial charge on any atom is 0.257 e. The Labute approximate surface area is 109 Å². The third-order valence-corrected chi connectivity index (χ3v) is 2.77. The van der Waals surface area contributed by atoms with Crippen LogP contribution in [0.4, 0.5) is 5.82 Å². The number of hydrogen-bond acceptors (Lipinski definition) is 3. The van der Waals surface area contributed by atoms with Crippen molar-refractivity contribution >= 4 is 11.7 Å². The van der Waals surface area contributed by atoms with Gasteiger partial charge in [0.05, 0.1) is 5.56 Å². The van der Waals surface area contributed by atoms with Gasteiger partial charge >= 0.3 is 0 Å². The zero-order valence-electron chi connectivity index (χ0n) is 11.6. The molecule has 4 heteroatoms. The monoisotopic (exact) mass is 249 g/mol. The predicted octanol–water partition coefficient (Wildman–Crippen LogP) is 2.78. The smallest absolute Gasteiger partial charge is 0.257 e. The van der Waals surface area contributed by atoms with Gasteiger partial charge in [0.2, 0.25) is 0 Å². The standard InChI is InChI=1S/C14H23N3O/c1-4-6-11-17(3)14(18)12-8-7-10-16-13(12)15-9-5-2/h7-8,10H,4-6,9,11H2,1-3H3,(H,15,16). The van der Waals surface area contributed by atoms with Gasteiger partial charge in [0, 0.05) is 26.3 Å². The molecule has 18 heavy (non-hydrogen) atoms. The van der Waals surface area contributed by atoms with E-state index >= 15 is 0 Å². The molecule has 0 atom stereocenters.